The Morgan fingerprint density at radius 3 is 2.00 bits per heavy atom. The molecule has 8 heteroatoms. The maximum Gasteiger partial charge on any atom is 0.251 e. The summed E-state index contributed by atoms with van der Waals surface area (Å²) in [5.41, 5.74) is 1.44. The fourth-order valence-corrected chi connectivity index (χ4v) is 3.60. The highest BCUT2D eigenvalue weighted by atomic mass is 32.2. The van der Waals surface area contributed by atoms with Crippen molar-refractivity contribution in [3.05, 3.63) is 82.8 Å². The molecule has 0 bridgehead atoms. The van der Waals surface area contributed by atoms with Gasteiger partial charge in [-0.15, -0.1) is 0 Å². The second-order valence-electron chi connectivity index (χ2n) is 6.50. The number of nitrogens with zero attached hydrogens (tertiary/aromatic N) is 1. The summed E-state index contributed by atoms with van der Waals surface area (Å²) in [4.78, 5) is 44.8. The molecule has 7 nitrogen and oxygen atoms in total. The number of amides is 2. The average Bonchev–Trinajstić information content (AvgIpc) is 2.73. The van der Waals surface area contributed by atoms with E-state index in [4.69, 9.17) is 0 Å². The molecule has 0 unspecified atom stereocenters. The molecular weight excluding hydrogens is 400 g/mol. The highest BCUT2D eigenvalue weighted by Crippen LogP contribution is 2.23. The van der Waals surface area contributed by atoms with Crippen LogP contribution in [0.2, 0.25) is 0 Å². The number of aryl methyl sites for hydroxylation is 1. The first-order valence-electron chi connectivity index (χ1n) is 9.54. The highest BCUT2D eigenvalue weighted by molar-refractivity contribution is 8.01. The molecular formula is C22H22N4O3S. The zero-order valence-electron chi connectivity index (χ0n) is 16.4. The number of hydrogen-bond acceptors (Lipinski definition) is 5. The minimum absolute atomic E-state index is 0.224. The summed E-state index contributed by atoms with van der Waals surface area (Å²) in [6.45, 7) is 1.99. The predicted molar refractivity (Wildman–Crippen MR) is 119 cm³/mol. The van der Waals surface area contributed by atoms with Gasteiger partial charge in [0.25, 0.3) is 5.56 Å². The Hall–Kier alpha value is -3.39. The fourth-order valence-electron chi connectivity index (χ4n) is 2.72. The Bertz CT molecular complexity index is 1000. The number of aromatic nitrogens is 2. The second-order valence-corrected chi connectivity index (χ2v) is 7.59. The van der Waals surface area contributed by atoms with Crippen LogP contribution in [0.4, 0.5) is 11.4 Å². The zero-order valence-corrected chi connectivity index (χ0v) is 17.2. The number of thioether (sulfide) groups is 1. The minimum Gasteiger partial charge on any atom is -0.325 e. The van der Waals surface area contributed by atoms with E-state index in [0.717, 1.165) is 18.2 Å². The van der Waals surface area contributed by atoms with Crippen LogP contribution >= 0.6 is 11.8 Å². The number of H-pyrrole nitrogens is 1. The van der Waals surface area contributed by atoms with Crippen LogP contribution in [0.5, 0.6) is 0 Å². The maximum absolute atomic E-state index is 12.9. The number of anilines is 2. The van der Waals surface area contributed by atoms with Crippen LogP contribution in [0.3, 0.4) is 0 Å². The van der Waals surface area contributed by atoms with E-state index in [-0.39, 0.29) is 10.7 Å². The van der Waals surface area contributed by atoms with Gasteiger partial charge in [-0.1, -0.05) is 61.5 Å². The van der Waals surface area contributed by atoms with Crippen LogP contribution in [0, 0.1) is 0 Å². The molecule has 1 heterocycles. The van der Waals surface area contributed by atoms with Crippen LogP contribution in [0.15, 0.2) is 76.7 Å². The van der Waals surface area contributed by atoms with E-state index >= 15 is 0 Å². The van der Waals surface area contributed by atoms with E-state index in [0.29, 0.717) is 23.5 Å². The van der Waals surface area contributed by atoms with Gasteiger partial charge in [-0.25, -0.2) is 4.98 Å². The van der Waals surface area contributed by atoms with Gasteiger partial charge in [-0.3, -0.25) is 14.4 Å². The topological polar surface area (TPSA) is 104 Å². The normalized spacial score (nSPS) is 10.6. The quantitative estimate of drug-likeness (QED) is 0.293. The van der Waals surface area contributed by atoms with Gasteiger partial charge in [-0.05, 0) is 30.7 Å². The largest absolute Gasteiger partial charge is 0.325 e. The van der Waals surface area contributed by atoms with Gasteiger partial charge in [-0.2, -0.15) is 0 Å². The van der Waals surface area contributed by atoms with Crippen molar-refractivity contribution in [3.8, 4) is 0 Å². The van der Waals surface area contributed by atoms with Crippen molar-refractivity contribution >= 4 is 35.0 Å². The third-order valence-corrected chi connectivity index (χ3v) is 5.15. The molecule has 0 fully saturated rings. The van der Waals surface area contributed by atoms with Gasteiger partial charge in [0.15, 0.2) is 10.4 Å². The Morgan fingerprint density at radius 2 is 1.50 bits per heavy atom. The molecule has 0 aliphatic carbocycles. The van der Waals surface area contributed by atoms with Crippen molar-refractivity contribution < 1.29 is 9.59 Å². The molecule has 154 valence electrons. The summed E-state index contributed by atoms with van der Waals surface area (Å²) < 4.78 is 0. The van der Waals surface area contributed by atoms with Crippen molar-refractivity contribution in [2.24, 2.45) is 0 Å². The number of hydrogen-bond donors (Lipinski definition) is 3. The molecule has 0 saturated carbocycles. The Labute approximate surface area is 178 Å². The summed E-state index contributed by atoms with van der Waals surface area (Å²) in [5, 5.41) is 4.55. The predicted octanol–water partition coefficient (Wildman–Crippen LogP) is 3.46. The number of para-hydroxylation sites is 2. The van der Waals surface area contributed by atoms with Gasteiger partial charge < -0.3 is 15.6 Å². The van der Waals surface area contributed by atoms with Crippen LogP contribution < -0.4 is 16.2 Å². The lowest BCUT2D eigenvalue weighted by Gasteiger charge is -2.16. The van der Waals surface area contributed by atoms with Gasteiger partial charge in [0.1, 0.15) is 0 Å². The Balaban J connectivity index is 1.85. The summed E-state index contributed by atoms with van der Waals surface area (Å²) in [5.74, 6) is -1.02. The number of benzene rings is 2. The molecule has 0 spiro atoms. The van der Waals surface area contributed by atoms with Crippen LogP contribution in [-0.4, -0.2) is 27.0 Å². The molecule has 0 aliphatic rings. The van der Waals surface area contributed by atoms with E-state index in [9.17, 15) is 14.4 Å². The summed E-state index contributed by atoms with van der Waals surface area (Å²) >= 11 is 0.907. The van der Waals surface area contributed by atoms with Gasteiger partial charge in [0.2, 0.25) is 11.8 Å². The van der Waals surface area contributed by atoms with Gasteiger partial charge in [0, 0.05) is 23.1 Å². The molecule has 0 radical (unpaired) electrons. The third kappa shape index (κ3) is 6.05. The van der Waals surface area contributed by atoms with E-state index < -0.39 is 17.1 Å². The number of carbonyl (C=O) groups is 2. The van der Waals surface area contributed by atoms with Crippen molar-refractivity contribution in [1.29, 1.82) is 0 Å². The van der Waals surface area contributed by atoms with Crippen molar-refractivity contribution in [2.45, 2.75) is 30.2 Å². The molecule has 3 aromatic rings. The number of aromatic amines is 1. The molecule has 30 heavy (non-hydrogen) atoms. The summed E-state index contributed by atoms with van der Waals surface area (Å²) in [6, 6.07) is 19.2. The smallest absolute Gasteiger partial charge is 0.251 e. The Morgan fingerprint density at radius 1 is 0.967 bits per heavy atom. The lowest BCUT2D eigenvalue weighted by molar-refractivity contribution is -0.123. The molecule has 0 aliphatic heterocycles. The molecule has 3 N–H and O–H groups in total. The average molecular weight is 423 g/mol. The molecule has 3 rings (SSSR count). The molecule has 1 aromatic heterocycles. The molecule has 0 atom stereocenters. The fraction of sp³-hybridized carbons (Fsp3) is 0.182. The molecule has 0 saturated heterocycles. The minimum atomic E-state index is -1.16. The van der Waals surface area contributed by atoms with Gasteiger partial charge >= 0.3 is 0 Å². The van der Waals surface area contributed by atoms with Crippen molar-refractivity contribution in [2.75, 3.05) is 10.6 Å². The van der Waals surface area contributed by atoms with Crippen molar-refractivity contribution in [1.82, 2.24) is 9.97 Å². The first kappa shape index (κ1) is 21.3. The SMILES string of the molecule is CCCc1cc(=O)[nH]c(SC(C(=O)Nc2ccccc2)C(=O)Nc2ccccc2)n1. The third-order valence-electron chi connectivity index (χ3n) is 4.07. The lowest BCUT2D eigenvalue weighted by atomic mass is 10.2. The molecule has 2 amide bonds. The summed E-state index contributed by atoms with van der Waals surface area (Å²) in [7, 11) is 0. The second kappa shape index (κ2) is 10.4. The monoisotopic (exact) mass is 422 g/mol. The lowest BCUT2D eigenvalue weighted by Crippen LogP contribution is -2.37. The summed E-state index contributed by atoms with van der Waals surface area (Å²) in [6.07, 6.45) is 1.46. The number of nitrogens with one attached hydrogen (secondary N) is 3. The first-order chi connectivity index (χ1) is 14.5. The van der Waals surface area contributed by atoms with E-state index in [2.05, 4.69) is 20.6 Å². The van der Waals surface area contributed by atoms with E-state index in [1.165, 1.54) is 6.07 Å². The molecule has 2 aromatic carbocycles. The van der Waals surface area contributed by atoms with E-state index in [1.54, 1.807) is 48.5 Å². The Kier molecular flexibility index (Phi) is 7.40. The number of rotatable bonds is 8. The maximum atomic E-state index is 12.9. The van der Waals surface area contributed by atoms with Gasteiger partial charge in [0.05, 0.1) is 0 Å². The standard InChI is InChI=1S/C22H22N4O3S/c1-2-9-17-14-18(27)26-22(25-17)30-19(20(28)23-15-10-5-3-6-11-15)21(29)24-16-12-7-4-8-13-16/h3-8,10-14,19H,2,9H2,1H3,(H,23,28)(H,24,29)(H,25,26,27). The van der Waals surface area contributed by atoms with Crippen LogP contribution in [0.25, 0.3) is 0 Å². The zero-order chi connectivity index (χ0) is 21.3. The highest BCUT2D eigenvalue weighted by Gasteiger charge is 2.29. The van der Waals surface area contributed by atoms with Crippen molar-refractivity contribution in [3.63, 3.8) is 0 Å². The van der Waals surface area contributed by atoms with Crippen LogP contribution in [0.1, 0.15) is 19.0 Å². The number of carbonyl (C=O) groups excluding carboxylic acids is 2. The first-order valence-corrected chi connectivity index (χ1v) is 10.4. The van der Waals surface area contributed by atoms with E-state index in [1.807, 2.05) is 19.1 Å². The van der Waals surface area contributed by atoms with Crippen LogP contribution in [-0.2, 0) is 16.0 Å².